The van der Waals surface area contributed by atoms with Crippen molar-refractivity contribution in [3.63, 3.8) is 0 Å². The fraction of sp³-hybridized carbons (Fsp3) is 0.353. The maximum absolute atomic E-state index is 12.0. The van der Waals surface area contributed by atoms with Crippen LogP contribution in [0.5, 0.6) is 0 Å². The van der Waals surface area contributed by atoms with E-state index in [1.54, 1.807) is 6.20 Å². The number of carbonyl (C=O) groups excluding carboxylic acids is 2. The van der Waals surface area contributed by atoms with E-state index in [-0.39, 0.29) is 17.9 Å². The van der Waals surface area contributed by atoms with Gasteiger partial charge in [-0.1, -0.05) is 11.8 Å². The van der Waals surface area contributed by atoms with Crippen LogP contribution >= 0.6 is 11.8 Å². The maximum Gasteiger partial charge on any atom is 0.234 e. The second kappa shape index (κ2) is 7.09. The zero-order chi connectivity index (χ0) is 17.1. The van der Waals surface area contributed by atoms with Crippen LogP contribution in [0.3, 0.4) is 0 Å². The molecule has 2 heterocycles. The standard InChI is InChI=1S/C17H20N4O2S/c1-12-3-8-16(23)21(12)14-6-4-13(5-7-14)19-15(22)11-24-17-18-9-10-20(17)2/h4-7,9-10,12H,3,8,11H2,1-2H3,(H,19,22). The molecule has 3 rings (SSSR count). The number of amides is 2. The van der Waals surface area contributed by atoms with Crippen LogP contribution in [0.25, 0.3) is 0 Å². The lowest BCUT2D eigenvalue weighted by molar-refractivity contribution is -0.117. The van der Waals surface area contributed by atoms with Gasteiger partial charge in [0.2, 0.25) is 11.8 Å². The number of thioether (sulfide) groups is 1. The lowest BCUT2D eigenvalue weighted by atomic mass is 10.2. The third-order valence-electron chi connectivity index (χ3n) is 4.02. The molecule has 0 bridgehead atoms. The van der Waals surface area contributed by atoms with Crippen molar-refractivity contribution in [3.05, 3.63) is 36.7 Å². The van der Waals surface area contributed by atoms with E-state index in [4.69, 9.17) is 0 Å². The molecule has 0 radical (unpaired) electrons. The Morgan fingerprint density at radius 2 is 2.12 bits per heavy atom. The van der Waals surface area contributed by atoms with Crippen LogP contribution < -0.4 is 10.2 Å². The summed E-state index contributed by atoms with van der Waals surface area (Å²) < 4.78 is 1.88. The van der Waals surface area contributed by atoms with Gasteiger partial charge in [0.05, 0.1) is 5.75 Å². The predicted octanol–water partition coefficient (Wildman–Crippen LogP) is 2.67. The second-order valence-corrected chi connectivity index (χ2v) is 6.80. The number of aryl methyl sites for hydroxylation is 1. The van der Waals surface area contributed by atoms with Gasteiger partial charge in [-0.3, -0.25) is 9.59 Å². The number of carbonyl (C=O) groups is 2. The van der Waals surface area contributed by atoms with Crippen molar-refractivity contribution in [2.45, 2.75) is 31.0 Å². The van der Waals surface area contributed by atoms with Crippen LogP contribution in [0.1, 0.15) is 19.8 Å². The van der Waals surface area contributed by atoms with Crippen molar-refractivity contribution in [1.29, 1.82) is 0 Å². The highest BCUT2D eigenvalue weighted by Crippen LogP contribution is 2.27. The minimum absolute atomic E-state index is 0.0821. The molecule has 0 saturated carbocycles. The van der Waals surface area contributed by atoms with E-state index in [0.717, 1.165) is 23.0 Å². The number of anilines is 2. The highest BCUT2D eigenvalue weighted by molar-refractivity contribution is 7.99. The molecule has 1 aliphatic rings. The minimum atomic E-state index is -0.0821. The molecule has 1 saturated heterocycles. The Hall–Kier alpha value is -2.28. The predicted molar refractivity (Wildman–Crippen MR) is 95.2 cm³/mol. The number of nitrogens with one attached hydrogen (secondary N) is 1. The number of benzene rings is 1. The molecule has 1 fully saturated rings. The van der Waals surface area contributed by atoms with Gasteiger partial charge in [0.25, 0.3) is 0 Å². The summed E-state index contributed by atoms with van der Waals surface area (Å²) in [5.74, 6) is 0.376. The van der Waals surface area contributed by atoms with Gasteiger partial charge < -0.3 is 14.8 Å². The first kappa shape index (κ1) is 16.6. The Balaban J connectivity index is 1.57. The smallest absolute Gasteiger partial charge is 0.234 e. The van der Waals surface area contributed by atoms with Crippen molar-refractivity contribution in [2.24, 2.45) is 7.05 Å². The van der Waals surface area contributed by atoms with E-state index in [1.807, 2.05) is 47.0 Å². The molecule has 1 aliphatic heterocycles. The average Bonchev–Trinajstić information content (AvgIpc) is 3.12. The molecular formula is C17H20N4O2S. The molecule has 0 aliphatic carbocycles. The highest BCUT2D eigenvalue weighted by Gasteiger charge is 2.28. The van der Waals surface area contributed by atoms with Gasteiger partial charge in [0.1, 0.15) is 0 Å². The summed E-state index contributed by atoms with van der Waals surface area (Å²) in [5, 5.41) is 3.67. The maximum atomic E-state index is 12.0. The van der Waals surface area contributed by atoms with Gasteiger partial charge in [-0.25, -0.2) is 4.98 Å². The largest absolute Gasteiger partial charge is 0.329 e. The molecular weight excluding hydrogens is 324 g/mol. The van der Waals surface area contributed by atoms with Crippen LogP contribution in [-0.2, 0) is 16.6 Å². The summed E-state index contributed by atoms with van der Waals surface area (Å²) in [5.41, 5.74) is 1.61. The number of imidazole rings is 1. The molecule has 0 spiro atoms. The number of hydrogen-bond acceptors (Lipinski definition) is 4. The summed E-state index contributed by atoms with van der Waals surface area (Å²) in [7, 11) is 1.90. The molecule has 1 unspecified atom stereocenters. The van der Waals surface area contributed by atoms with Gasteiger partial charge in [-0.2, -0.15) is 0 Å². The van der Waals surface area contributed by atoms with Gasteiger partial charge in [0, 0.05) is 43.3 Å². The first-order chi connectivity index (χ1) is 11.5. The topological polar surface area (TPSA) is 67.2 Å². The number of nitrogens with zero attached hydrogens (tertiary/aromatic N) is 3. The van der Waals surface area contributed by atoms with E-state index < -0.39 is 0 Å². The van der Waals surface area contributed by atoms with Crippen LogP contribution in [-0.4, -0.2) is 33.2 Å². The number of hydrogen-bond donors (Lipinski definition) is 1. The number of aromatic nitrogens is 2. The summed E-state index contributed by atoms with van der Waals surface area (Å²) >= 11 is 1.39. The SMILES string of the molecule is CC1CCC(=O)N1c1ccc(NC(=O)CSc2nccn2C)cc1. The lowest BCUT2D eigenvalue weighted by Gasteiger charge is -2.21. The van der Waals surface area contributed by atoms with E-state index in [1.165, 1.54) is 11.8 Å². The van der Waals surface area contributed by atoms with Gasteiger partial charge >= 0.3 is 0 Å². The van der Waals surface area contributed by atoms with Crippen LogP contribution in [0, 0.1) is 0 Å². The molecule has 24 heavy (non-hydrogen) atoms. The number of rotatable bonds is 5. The average molecular weight is 344 g/mol. The molecule has 1 atom stereocenters. The van der Waals surface area contributed by atoms with Crippen LogP contribution in [0.4, 0.5) is 11.4 Å². The third kappa shape index (κ3) is 3.62. The Bertz CT molecular complexity index is 741. The molecule has 2 aromatic rings. The van der Waals surface area contributed by atoms with Crippen molar-refractivity contribution >= 4 is 35.0 Å². The van der Waals surface area contributed by atoms with E-state index in [2.05, 4.69) is 17.2 Å². The van der Waals surface area contributed by atoms with Gasteiger partial charge in [-0.05, 0) is 37.6 Å². The first-order valence-electron chi connectivity index (χ1n) is 7.86. The van der Waals surface area contributed by atoms with E-state index in [0.29, 0.717) is 12.2 Å². The fourth-order valence-electron chi connectivity index (χ4n) is 2.75. The summed E-state index contributed by atoms with van der Waals surface area (Å²) in [6, 6.07) is 7.64. The molecule has 6 nitrogen and oxygen atoms in total. The Labute approximate surface area is 145 Å². The van der Waals surface area contributed by atoms with Gasteiger partial charge in [-0.15, -0.1) is 0 Å². The summed E-state index contributed by atoms with van der Waals surface area (Å²) in [6.45, 7) is 2.05. The van der Waals surface area contributed by atoms with Gasteiger partial charge in [0.15, 0.2) is 5.16 Å². The third-order valence-corrected chi connectivity index (χ3v) is 5.08. The molecule has 7 heteroatoms. The zero-order valence-electron chi connectivity index (χ0n) is 13.7. The van der Waals surface area contributed by atoms with Crippen molar-refractivity contribution in [3.8, 4) is 0 Å². The van der Waals surface area contributed by atoms with Crippen LogP contribution in [0.15, 0.2) is 41.8 Å². The summed E-state index contributed by atoms with van der Waals surface area (Å²) in [6.07, 6.45) is 5.05. The van der Waals surface area contributed by atoms with Crippen molar-refractivity contribution < 1.29 is 9.59 Å². The Morgan fingerprint density at radius 1 is 1.38 bits per heavy atom. The molecule has 1 aromatic carbocycles. The quantitative estimate of drug-likeness (QED) is 0.847. The lowest BCUT2D eigenvalue weighted by Crippen LogP contribution is -2.30. The second-order valence-electron chi connectivity index (χ2n) is 5.86. The van der Waals surface area contributed by atoms with E-state index >= 15 is 0 Å². The fourth-order valence-corrected chi connectivity index (χ4v) is 3.48. The highest BCUT2D eigenvalue weighted by atomic mass is 32.2. The van der Waals surface area contributed by atoms with Crippen molar-refractivity contribution in [2.75, 3.05) is 16.0 Å². The van der Waals surface area contributed by atoms with E-state index in [9.17, 15) is 9.59 Å². The van der Waals surface area contributed by atoms with Crippen molar-refractivity contribution in [1.82, 2.24) is 9.55 Å². The minimum Gasteiger partial charge on any atom is -0.329 e. The monoisotopic (exact) mass is 344 g/mol. The zero-order valence-corrected chi connectivity index (χ0v) is 14.5. The molecule has 1 aromatic heterocycles. The molecule has 2 amide bonds. The Kier molecular flexibility index (Phi) is 4.89. The first-order valence-corrected chi connectivity index (χ1v) is 8.85. The molecule has 1 N–H and O–H groups in total. The molecule has 126 valence electrons. The summed E-state index contributed by atoms with van der Waals surface area (Å²) in [4.78, 5) is 29.9. The Morgan fingerprint density at radius 3 is 2.71 bits per heavy atom. The normalized spacial score (nSPS) is 17.3. The van der Waals surface area contributed by atoms with Crippen LogP contribution in [0.2, 0.25) is 0 Å².